The van der Waals surface area contributed by atoms with E-state index in [1.165, 1.54) is 10.0 Å². The van der Waals surface area contributed by atoms with Crippen molar-refractivity contribution in [3.8, 4) is 0 Å². The molecule has 0 N–H and O–H groups in total. The summed E-state index contributed by atoms with van der Waals surface area (Å²) in [5, 5.41) is 0. The minimum atomic E-state index is -1.69. The molecule has 1 rings (SSSR count). The second-order valence-corrected chi connectivity index (χ2v) is 23.3. The van der Waals surface area contributed by atoms with Crippen LogP contribution < -0.4 is 0 Å². The van der Waals surface area contributed by atoms with E-state index in [2.05, 4.69) is 55.5 Å². The molecular formula is C14H29BO2Sn. The predicted octanol–water partition coefficient (Wildman–Crippen LogP) is 4.36. The Morgan fingerprint density at radius 1 is 1.06 bits per heavy atom. The van der Waals surface area contributed by atoms with Gasteiger partial charge in [0.2, 0.25) is 0 Å². The van der Waals surface area contributed by atoms with E-state index in [0.717, 1.165) is 6.32 Å². The Hall–Kier alpha value is 0.524. The van der Waals surface area contributed by atoms with Gasteiger partial charge in [0.25, 0.3) is 0 Å². The van der Waals surface area contributed by atoms with Crippen LogP contribution in [0.3, 0.4) is 0 Å². The summed E-state index contributed by atoms with van der Waals surface area (Å²) in [7, 11) is -0.0832. The molecule has 0 radical (unpaired) electrons. The van der Waals surface area contributed by atoms with E-state index >= 15 is 0 Å². The minimum absolute atomic E-state index is 0.0832. The molecule has 2 nitrogen and oxygen atoms in total. The van der Waals surface area contributed by atoms with Crippen molar-refractivity contribution in [3.63, 3.8) is 0 Å². The Morgan fingerprint density at radius 3 is 1.89 bits per heavy atom. The molecule has 0 aromatic rings. The zero-order chi connectivity index (χ0) is 14.2. The third-order valence-electron chi connectivity index (χ3n) is 3.77. The fraction of sp³-hybridized carbons (Fsp3) is 0.857. The van der Waals surface area contributed by atoms with Crippen molar-refractivity contribution in [2.45, 2.75) is 71.4 Å². The zero-order valence-electron chi connectivity index (χ0n) is 13.4. The molecule has 0 saturated carbocycles. The molecule has 1 heterocycles. The average molecular weight is 359 g/mol. The van der Waals surface area contributed by atoms with E-state index < -0.39 is 18.4 Å². The van der Waals surface area contributed by atoms with Gasteiger partial charge in [-0.3, -0.25) is 0 Å². The summed E-state index contributed by atoms with van der Waals surface area (Å²) in [6, 6.07) is 0. The number of hydrogen-bond acceptors (Lipinski definition) is 2. The fourth-order valence-corrected chi connectivity index (χ4v) is 7.45. The van der Waals surface area contributed by atoms with Crippen LogP contribution in [0.1, 0.15) is 34.6 Å². The first-order valence-electron chi connectivity index (χ1n) is 6.94. The van der Waals surface area contributed by atoms with Crippen LogP contribution in [-0.2, 0) is 9.31 Å². The SMILES string of the molecule is C/C(=C/CB1OC(C)(C)C(C)(C)O1)[CH2][Sn]([CH3])([CH3])[CH3]. The Bertz CT molecular complexity index is 313. The van der Waals surface area contributed by atoms with Crippen molar-refractivity contribution >= 4 is 25.5 Å². The molecule has 104 valence electrons. The molecule has 0 aliphatic carbocycles. The molecule has 0 amide bonds. The number of allylic oxidation sites excluding steroid dienone is 2. The van der Waals surface area contributed by atoms with Crippen LogP contribution >= 0.6 is 0 Å². The Balaban J connectivity index is 2.54. The van der Waals surface area contributed by atoms with Gasteiger partial charge in [-0.2, -0.15) is 0 Å². The molecule has 1 fully saturated rings. The Labute approximate surface area is 118 Å². The maximum atomic E-state index is 5.99. The Kier molecular flexibility index (Phi) is 5.06. The summed E-state index contributed by atoms with van der Waals surface area (Å²) in [5.74, 6) is 0. The van der Waals surface area contributed by atoms with Gasteiger partial charge < -0.3 is 0 Å². The first-order valence-corrected chi connectivity index (χ1v) is 17.5. The fourth-order valence-electron chi connectivity index (χ4n) is 2.27. The van der Waals surface area contributed by atoms with Crippen molar-refractivity contribution in [1.82, 2.24) is 0 Å². The summed E-state index contributed by atoms with van der Waals surface area (Å²) in [5.41, 5.74) is 1.10. The van der Waals surface area contributed by atoms with E-state index in [1.807, 2.05) is 0 Å². The van der Waals surface area contributed by atoms with E-state index in [0.29, 0.717) is 0 Å². The normalized spacial score (nSPS) is 23.6. The van der Waals surface area contributed by atoms with Gasteiger partial charge in [-0.25, -0.2) is 0 Å². The molecule has 1 aliphatic heterocycles. The van der Waals surface area contributed by atoms with E-state index in [4.69, 9.17) is 9.31 Å². The molecule has 0 unspecified atom stereocenters. The molecule has 0 bridgehead atoms. The van der Waals surface area contributed by atoms with Crippen LogP contribution in [0.15, 0.2) is 11.6 Å². The molecule has 18 heavy (non-hydrogen) atoms. The number of hydrogen-bond donors (Lipinski definition) is 0. The predicted molar refractivity (Wildman–Crippen MR) is 82.8 cm³/mol. The van der Waals surface area contributed by atoms with Gasteiger partial charge in [0.1, 0.15) is 0 Å². The Morgan fingerprint density at radius 2 is 1.50 bits per heavy atom. The zero-order valence-corrected chi connectivity index (χ0v) is 16.2. The van der Waals surface area contributed by atoms with Crippen molar-refractivity contribution in [3.05, 3.63) is 11.6 Å². The summed E-state index contributed by atoms with van der Waals surface area (Å²) in [6.07, 6.45) is 3.19. The van der Waals surface area contributed by atoms with Crippen molar-refractivity contribution in [1.29, 1.82) is 0 Å². The van der Waals surface area contributed by atoms with Gasteiger partial charge in [0.05, 0.1) is 0 Å². The summed E-state index contributed by atoms with van der Waals surface area (Å²) in [6.45, 7) is 10.7. The van der Waals surface area contributed by atoms with Gasteiger partial charge in [-0.1, -0.05) is 0 Å². The van der Waals surface area contributed by atoms with Crippen molar-refractivity contribution in [2.75, 3.05) is 0 Å². The molecule has 1 aliphatic rings. The van der Waals surface area contributed by atoms with Crippen molar-refractivity contribution < 1.29 is 9.31 Å². The average Bonchev–Trinajstić information content (AvgIpc) is 2.29. The maximum absolute atomic E-state index is 5.99. The van der Waals surface area contributed by atoms with Crippen LogP contribution in [0.4, 0.5) is 0 Å². The summed E-state index contributed by atoms with van der Waals surface area (Å²) in [4.78, 5) is 7.42. The summed E-state index contributed by atoms with van der Waals surface area (Å²) < 4.78 is 13.3. The van der Waals surface area contributed by atoms with Crippen molar-refractivity contribution in [2.24, 2.45) is 0 Å². The third kappa shape index (κ3) is 4.57. The van der Waals surface area contributed by atoms with Gasteiger partial charge in [-0.05, 0) is 0 Å². The quantitative estimate of drug-likeness (QED) is 0.549. The van der Waals surface area contributed by atoms with Gasteiger partial charge in [-0.15, -0.1) is 0 Å². The molecule has 0 aromatic heterocycles. The van der Waals surface area contributed by atoms with Crippen LogP contribution in [-0.4, -0.2) is 36.7 Å². The second kappa shape index (κ2) is 5.49. The van der Waals surface area contributed by atoms with Gasteiger partial charge in [0, 0.05) is 0 Å². The molecule has 0 atom stereocenters. The van der Waals surface area contributed by atoms with Crippen LogP contribution in [0.5, 0.6) is 0 Å². The topological polar surface area (TPSA) is 18.5 Å². The van der Waals surface area contributed by atoms with Gasteiger partial charge in [0.15, 0.2) is 0 Å². The first kappa shape index (κ1) is 16.6. The second-order valence-electron chi connectivity index (χ2n) is 7.71. The van der Waals surface area contributed by atoms with Gasteiger partial charge >= 0.3 is 118 Å². The first-order chi connectivity index (χ1) is 7.93. The van der Waals surface area contributed by atoms with Crippen LogP contribution in [0.25, 0.3) is 0 Å². The molecule has 0 aromatic carbocycles. The standard InChI is InChI=1S/C11H20BO2.3CH3.Sn/c1-9(2)7-8-12-13-10(3,4)11(5,6)14-12;;;;/h7H,1,8H2,2-6H3;3*1H3;/b9-7+;;;;. The molecule has 0 spiro atoms. The van der Waals surface area contributed by atoms with E-state index in [9.17, 15) is 0 Å². The molecule has 4 heteroatoms. The van der Waals surface area contributed by atoms with E-state index in [-0.39, 0.29) is 18.3 Å². The third-order valence-corrected chi connectivity index (χ3v) is 8.39. The summed E-state index contributed by atoms with van der Waals surface area (Å²) >= 11 is -1.69. The molecule has 1 saturated heterocycles. The monoisotopic (exact) mass is 360 g/mol. The number of rotatable bonds is 4. The van der Waals surface area contributed by atoms with E-state index in [1.54, 1.807) is 0 Å². The van der Waals surface area contributed by atoms with Crippen LogP contribution in [0.2, 0.25) is 25.6 Å². The van der Waals surface area contributed by atoms with Crippen LogP contribution in [0, 0.1) is 0 Å². The molecular weight excluding hydrogens is 330 g/mol.